The van der Waals surface area contributed by atoms with E-state index in [-0.39, 0.29) is 6.42 Å². The third kappa shape index (κ3) is 8.57. The number of terminal acetylenes is 1. The largest absolute Gasteiger partial charge is 0.493 e. The lowest BCUT2D eigenvalue weighted by atomic mass is 9.94. The van der Waals surface area contributed by atoms with Gasteiger partial charge in [0.15, 0.2) is 0 Å². The number of carbonyl (C=O) groups is 1. The molecule has 0 saturated carbocycles. The van der Waals surface area contributed by atoms with Crippen LogP contribution in [0.3, 0.4) is 0 Å². The molecule has 0 atom stereocenters. The summed E-state index contributed by atoms with van der Waals surface area (Å²) >= 11 is 2.06. The van der Waals surface area contributed by atoms with Crippen molar-refractivity contribution in [1.82, 2.24) is 0 Å². The minimum absolute atomic E-state index is 0.163. The fourth-order valence-electron chi connectivity index (χ4n) is 5.17. The van der Waals surface area contributed by atoms with Crippen LogP contribution < -0.4 is 10.1 Å². The third-order valence-corrected chi connectivity index (χ3v) is 8.39. The number of rotatable bonds is 9. The SMILES string of the molecule is C#CC.O=C(O)CCc1ccc(NCc2ccc3c(c2)-c2ccc(OCC4CCSCC4)cc2CCC3)cc1. The lowest BCUT2D eigenvalue weighted by molar-refractivity contribution is -0.136. The van der Waals surface area contributed by atoms with Gasteiger partial charge in [0.1, 0.15) is 5.75 Å². The summed E-state index contributed by atoms with van der Waals surface area (Å²) < 4.78 is 6.24. The predicted molar refractivity (Wildman–Crippen MR) is 164 cm³/mol. The summed E-state index contributed by atoms with van der Waals surface area (Å²) in [5.41, 5.74) is 8.86. The molecule has 1 aliphatic heterocycles. The molecule has 2 N–H and O–H groups in total. The number of benzene rings is 3. The Morgan fingerprint density at radius 1 is 1.00 bits per heavy atom. The molecule has 0 amide bonds. The molecule has 1 saturated heterocycles. The average Bonchev–Trinajstić information content (AvgIpc) is 3.14. The molecule has 1 aliphatic carbocycles. The lowest BCUT2D eigenvalue weighted by Gasteiger charge is -2.22. The van der Waals surface area contributed by atoms with Gasteiger partial charge >= 0.3 is 5.97 Å². The summed E-state index contributed by atoms with van der Waals surface area (Å²) in [5.74, 6) is 5.74. The Bertz CT molecular complexity index is 1270. The molecule has 4 nitrogen and oxygen atoms in total. The third-order valence-electron chi connectivity index (χ3n) is 7.34. The smallest absolute Gasteiger partial charge is 0.303 e. The molecular weight excluding hydrogens is 502 g/mol. The number of aryl methyl sites for hydroxylation is 3. The van der Waals surface area contributed by atoms with Crippen LogP contribution in [-0.4, -0.2) is 29.2 Å². The van der Waals surface area contributed by atoms with Crippen LogP contribution in [-0.2, 0) is 30.6 Å². The van der Waals surface area contributed by atoms with Crippen molar-refractivity contribution in [3.05, 3.63) is 82.9 Å². The number of carboxylic acid groups (broad SMARTS) is 1. The van der Waals surface area contributed by atoms with Gasteiger partial charge in [-0.05, 0) is 127 Å². The Morgan fingerprint density at radius 3 is 2.46 bits per heavy atom. The van der Waals surface area contributed by atoms with E-state index in [4.69, 9.17) is 9.84 Å². The van der Waals surface area contributed by atoms with E-state index in [1.807, 2.05) is 24.3 Å². The minimum atomic E-state index is -0.760. The molecule has 39 heavy (non-hydrogen) atoms. The van der Waals surface area contributed by atoms with Crippen molar-refractivity contribution < 1.29 is 14.6 Å². The normalized spacial score (nSPS) is 14.5. The maximum Gasteiger partial charge on any atom is 0.303 e. The first-order valence-corrected chi connectivity index (χ1v) is 15.1. The van der Waals surface area contributed by atoms with Gasteiger partial charge in [-0.2, -0.15) is 11.8 Å². The Balaban J connectivity index is 0.00000112. The van der Waals surface area contributed by atoms with Crippen LogP contribution in [0.4, 0.5) is 5.69 Å². The standard InChI is InChI=1S/C31H35NO3S.C3H4/c33-31(34)13-7-22-5-9-27(10-6-22)32-20-24-4-8-25-2-1-3-26-19-28(11-12-29(26)30(25)18-24)35-21-23-14-16-36-17-15-23;1-3-2/h4-6,8-12,18-19,23,32H,1-3,7,13-17,20-21H2,(H,33,34);1H,2H3. The first-order chi connectivity index (χ1) is 19.1. The Labute approximate surface area is 237 Å². The number of ether oxygens (including phenoxy) is 1. The van der Waals surface area contributed by atoms with Crippen LogP contribution in [0, 0.1) is 18.3 Å². The molecule has 1 heterocycles. The van der Waals surface area contributed by atoms with E-state index in [1.54, 1.807) is 6.92 Å². The second-order valence-corrected chi connectivity index (χ2v) is 11.5. The molecule has 0 unspecified atom stereocenters. The van der Waals surface area contributed by atoms with E-state index in [1.165, 1.54) is 52.2 Å². The molecule has 1 fully saturated rings. The second-order valence-electron chi connectivity index (χ2n) is 10.3. The molecule has 3 aromatic carbocycles. The lowest BCUT2D eigenvalue weighted by Crippen LogP contribution is -2.17. The molecule has 204 valence electrons. The molecule has 5 rings (SSSR count). The van der Waals surface area contributed by atoms with Crippen LogP contribution in [0.5, 0.6) is 5.75 Å². The van der Waals surface area contributed by atoms with Crippen LogP contribution in [0.25, 0.3) is 11.1 Å². The monoisotopic (exact) mass is 541 g/mol. The van der Waals surface area contributed by atoms with Crippen molar-refractivity contribution in [2.24, 2.45) is 5.92 Å². The quantitative estimate of drug-likeness (QED) is 0.273. The Morgan fingerprint density at radius 2 is 1.72 bits per heavy atom. The first kappa shape index (κ1) is 28.6. The van der Waals surface area contributed by atoms with E-state index in [9.17, 15) is 4.79 Å². The zero-order valence-electron chi connectivity index (χ0n) is 22.9. The number of carboxylic acids is 1. The van der Waals surface area contributed by atoms with Gasteiger partial charge in [-0.1, -0.05) is 30.3 Å². The highest BCUT2D eigenvalue weighted by Gasteiger charge is 2.18. The number of hydrogen-bond acceptors (Lipinski definition) is 4. The van der Waals surface area contributed by atoms with Crippen LogP contribution in [0.2, 0.25) is 0 Å². The van der Waals surface area contributed by atoms with E-state index in [0.29, 0.717) is 12.3 Å². The number of aliphatic carboxylic acids is 1. The summed E-state index contributed by atoms with van der Waals surface area (Å²) in [6, 6.07) is 21.6. The number of anilines is 1. The van der Waals surface area contributed by atoms with Crippen molar-refractivity contribution in [1.29, 1.82) is 0 Å². The van der Waals surface area contributed by atoms with E-state index in [0.717, 1.165) is 49.4 Å². The predicted octanol–water partition coefficient (Wildman–Crippen LogP) is 7.63. The summed E-state index contributed by atoms with van der Waals surface area (Å²) in [5, 5.41) is 12.4. The molecule has 0 radical (unpaired) electrons. The van der Waals surface area contributed by atoms with Gasteiger partial charge in [-0.3, -0.25) is 4.79 Å². The summed E-state index contributed by atoms with van der Waals surface area (Å²) in [6.07, 6.45) is 11.2. The molecule has 3 aromatic rings. The van der Waals surface area contributed by atoms with Crippen molar-refractivity contribution in [2.45, 2.75) is 58.4 Å². The van der Waals surface area contributed by atoms with Gasteiger partial charge in [-0.25, -0.2) is 0 Å². The van der Waals surface area contributed by atoms with Crippen molar-refractivity contribution >= 4 is 23.4 Å². The number of nitrogens with one attached hydrogen (secondary N) is 1. The Hall–Kier alpha value is -3.36. The number of fused-ring (bicyclic) bond motifs is 3. The van der Waals surface area contributed by atoms with Crippen molar-refractivity contribution in [3.63, 3.8) is 0 Å². The van der Waals surface area contributed by atoms with Gasteiger partial charge in [0.2, 0.25) is 0 Å². The number of hydrogen-bond donors (Lipinski definition) is 2. The highest BCUT2D eigenvalue weighted by atomic mass is 32.2. The topological polar surface area (TPSA) is 58.6 Å². The van der Waals surface area contributed by atoms with Gasteiger partial charge in [0.05, 0.1) is 6.61 Å². The maximum atomic E-state index is 10.8. The summed E-state index contributed by atoms with van der Waals surface area (Å²) in [4.78, 5) is 10.8. The first-order valence-electron chi connectivity index (χ1n) is 13.9. The molecular formula is C34H39NO3S. The number of thioether (sulfide) groups is 1. The van der Waals surface area contributed by atoms with Crippen LogP contribution in [0.1, 0.15) is 54.9 Å². The maximum absolute atomic E-state index is 10.8. The van der Waals surface area contributed by atoms with Gasteiger partial charge < -0.3 is 15.2 Å². The van der Waals surface area contributed by atoms with Crippen LogP contribution >= 0.6 is 11.8 Å². The summed E-state index contributed by atoms with van der Waals surface area (Å²) in [6.45, 7) is 3.24. The van der Waals surface area contributed by atoms with Gasteiger partial charge in [0, 0.05) is 18.7 Å². The summed E-state index contributed by atoms with van der Waals surface area (Å²) in [7, 11) is 0. The van der Waals surface area contributed by atoms with Crippen molar-refractivity contribution in [2.75, 3.05) is 23.4 Å². The highest BCUT2D eigenvalue weighted by molar-refractivity contribution is 7.99. The molecule has 2 aliphatic rings. The second kappa shape index (κ2) is 14.7. The van der Waals surface area contributed by atoms with Crippen molar-refractivity contribution in [3.8, 4) is 29.2 Å². The van der Waals surface area contributed by atoms with Gasteiger partial charge in [0.25, 0.3) is 0 Å². The van der Waals surface area contributed by atoms with Crippen LogP contribution in [0.15, 0.2) is 60.7 Å². The molecule has 5 heteroatoms. The fourth-order valence-corrected chi connectivity index (χ4v) is 6.38. The highest BCUT2D eigenvalue weighted by Crippen LogP contribution is 2.36. The van der Waals surface area contributed by atoms with E-state index >= 15 is 0 Å². The molecule has 0 aromatic heterocycles. The Kier molecular flexibility index (Phi) is 10.8. The zero-order valence-corrected chi connectivity index (χ0v) is 23.7. The van der Waals surface area contributed by atoms with E-state index < -0.39 is 5.97 Å². The van der Waals surface area contributed by atoms with Gasteiger partial charge in [-0.15, -0.1) is 12.3 Å². The fraction of sp³-hybridized carbons (Fsp3) is 0.382. The minimum Gasteiger partial charge on any atom is -0.493 e. The average molecular weight is 542 g/mol. The molecule has 0 spiro atoms. The van der Waals surface area contributed by atoms with E-state index in [2.05, 4.69) is 65.8 Å². The zero-order chi connectivity index (χ0) is 27.5. The molecule has 0 bridgehead atoms.